The lowest BCUT2D eigenvalue weighted by molar-refractivity contribution is 0.0448. The van der Waals surface area contributed by atoms with Gasteiger partial charge < -0.3 is 10.2 Å². The maximum Gasteiger partial charge on any atom is 0.257 e. The summed E-state index contributed by atoms with van der Waals surface area (Å²) in [6.07, 6.45) is 2.98. The smallest absolute Gasteiger partial charge is 0.257 e. The maximum atomic E-state index is 12.8. The van der Waals surface area contributed by atoms with Crippen molar-refractivity contribution >= 4 is 11.6 Å². The molecule has 0 saturated heterocycles. The van der Waals surface area contributed by atoms with E-state index >= 15 is 0 Å². The van der Waals surface area contributed by atoms with E-state index in [1.165, 1.54) is 0 Å². The summed E-state index contributed by atoms with van der Waals surface area (Å²) >= 11 is 0. The first-order chi connectivity index (χ1) is 12.1. The highest BCUT2D eigenvalue weighted by atomic mass is 16.2. The Labute approximate surface area is 148 Å². The molecule has 2 aromatic carbocycles. The highest BCUT2D eigenvalue weighted by Crippen LogP contribution is 2.47. The standard InChI is InChI=1S/C21H21N3O/c1-24-19(25)17-9-5-6-10-18(17)23-21(24)13-11-20(15-22,12-14-21)16-7-3-2-4-8-16/h2-10,23H,11-14H2,1H3. The van der Waals surface area contributed by atoms with E-state index in [4.69, 9.17) is 0 Å². The molecule has 0 atom stereocenters. The van der Waals surface area contributed by atoms with Crippen LogP contribution in [0.25, 0.3) is 0 Å². The number of nitrogens with one attached hydrogen (secondary N) is 1. The van der Waals surface area contributed by atoms with Gasteiger partial charge in [0.2, 0.25) is 0 Å². The summed E-state index contributed by atoms with van der Waals surface area (Å²) in [4.78, 5) is 14.6. The summed E-state index contributed by atoms with van der Waals surface area (Å²) in [6, 6.07) is 20.3. The molecule has 0 radical (unpaired) electrons. The van der Waals surface area contributed by atoms with Gasteiger partial charge in [-0.05, 0) is 43.4 Å². The van der Waals surface area contributed by atoms with Crippen LogP contribution in [0.5, 0.6) is 0 Å². The molecule has 1 spiro atoms. The minimum atomic E-state index is -0.463. The van der Waals surface area contributed by atoms with E-state index in [0.717, 1.165) is 42.5 Å². The fourth-order valence-electron chi connectivity index (χ4n) is 4.26. The Morgan fingerprint density at radius 2 is 1.64 bits per heavy atom. The van der Waals surface area contributed by atoms with Gasteiger partial charge in [-0.1, -0.05) is 42.5 Å². The Bertz CT molecular complexity index is 845. The number of fused-ring (bicyclic) bond motifs is 1. The number of amides is 1. The molecule has 0 unspecified atom stereocenters. The van der Waals surface area contributed by atoms with Crippen LogP contribution in [0, 0.1) is 11.3 Å². The van der Waals surface area contributed by atoms with Crippen LogP contribution in [-0.4, -0.2) is 23.5 Å². The summed E-state index contributed by atoms with van der Waals surface area (Å²) in [5.41, 5.74) is 1.83. The number of para-hydroxylation sites is 1. The molecule has 0 aromatic heterocycles. The Morgan fingerprint density at radius 1 is 1.00 bits per heavy atom. The van der Waals surface area contributed by atoms with Gasteiger partial charge in [-0.25, -0.2) is 0 Å². The van der Waals surface area contributed by atoms with E-state index in [9.17, 15) is 10.1 Å². The molecule has 2 aliphatic rings. The first-order valence-corrected chi connectivity index (χ1v) is 8.72. The average molecular weight is 331 g/mol. The number of rotatable bonds is 1. The normalized spacial score (nSPS) is 28.2. The fourth-order valence-corrected chi connectivity index (χ4v) is 4.26. The zero-order valence-electron chi connectivity index (χ0n) is 14.3. The van der Waals surface area contributed by atoms with E-state index < -0.39 is 11.1 Å². The second-order valence-electron chi connectivity index (χ2n) is 7.13. The molecule has 1 N–H and O–H groups in total. The Hall–Kier alpha value is -2.80. The Balaban J connectivity index is 1.65. The van der Waals surface area contributed by atoms with Gasteiger partial charge in [0, 0.05) is 12.7 Å². The van der Waals surface area contributed by atoms with Crippen molar-refractivity contribution in [3.05, 3.63) is 65.7 Å². The third-order valence-corrected chi connectivity index (χ3v) is 5.94. The molecule has 1 fully saturated rings. The average Bonchev–Trinajstić information content (AvgIpc) is 2.68. The Morgan fingerprint density at radius 3 is 2.32 bits per heavy atom. The number of hydrogen-bond donors (Lipinski definition) is 1. The van der Waals surface area contributed by atoms with E-state index in [1.807, 2.05) is 66.5 Å². The monoisotopic (exact) mass is 331 g/mol. The van der Waals surface area contributed by atoms with Crippen molar-refractivity contribution < 1.29 is 4.79 Å². The number of anilines is 1. The van der Waals surface area contributed by atoms with Crippen LogP contribution >= 0.6 is 0 Å². The lowest BCUT2D eigenvalue weighted by Crippen LogP contribution is -2.61. The topological polar surface area (TPSA) is 56.1 Å². The predicted octanol–water partition coefficient (Wildman–Crippen LogP) is 3.92. The van der Waals surface area contributed by atoms with Crippen LogP contribution in [0.3, 0.4) is 0 Å². The number of nitriles is 1. The highest BCUT2D eigenvalue weighted by molar-refractivity contribution is 6.02. The van der Waals surface area contributed by atoms with Crippen molar-refractivity contribution in [2.75, 3.05) is 12.4 Å². The molecule has 25 heavy (non-hydrogen) atoms. The first kappa shape index (κ1) is 15.7. The number of nitrogens with zero attached hydrogens (tertiary/aromatic N) is 2. The molecule has 4 nitrogen and oxygen atoms in total. The zero-order valence-corrected chi connectivity index (χ0v) is 14.3. The van der Waals surface area contributed by atoms with Crippen LogP contribution in [0.4, 0.5) is 5.69 Å². The van der Waals surface area contributed by atoms with Gasteiger partial charge in [0.25, 0.3) is 5.91 Å². The summed E-state index contributed by atoms with van der Waals surface area (Å²) in [7, 11) is 1.87. The van der Waals surface area contributed by atoms with E-state index in [1.54, 1.807) is 0 Å². The molecule has 1 saturated carbocycles. The zero-order chi connectivity index (χ0) is 17.5. The van der Waals surface area contributed by atoms with Crippen LogP contribution in [-0.2, 0) is 5.41 Å². The summed E-state index contributed by atoms with van der Waals surface area (Å²) in [5.74, 6) is 0.0542. The summed E-state index contributed by atoms with van der Waals surface area (Å²) in [6.45, 7) is 0. The van der Waals surface area contributed by atoms with Crippen molar-refractivity contribution in [3.63, 3.8) is 0 Å². The third kappa shape index (κ3) is 2.31. The number of carbonyl (C=O) groups excluding carboxylic acids is 1. The molecular formula is C21H21N3O. The first-order valence-electron chi connectivity index (χ1n) is 8.72. The van der Waals surface area contributed by atoms with E-state index in [-0.39, 0.29) is 5.91 Å². The predicted molar refractivity (Wildman–Crippen MR) is 97.1 cm³/mol. The lowest BCUT2D eigenvalue weighted by Gasteiger charge is -2.51. The molecule has 1 heterocycles. The lowest BCUT2D eigenvalue weighted by atomic mass is 9.66. The van der Waals surface area contributed by atoms with Crippen LogP contribution in [0.2, 0.25) is 0 Å². The van der Waals surface area contributed by atoms with E-state index in [2.05, 4.69) is 11.4 Å². The quantitative estimate of drug-likeness (QED) is 0.862. The van der Waals surface area contributed by atoms with Gasteiger partial charge in [-0.3, -0.25) is 4.79 Å². The molecule has 1 aliphatic heterocycles. The molecule has 4 rings (SSSR count). The molecule has 126 valence electrons. The van der Waals surface area contributed by atoms with Gasteiger partial charge >= 0.3 is 0 Å². The SMILES string of the molecule is CN1C(=O)c2ccccc2NC12CCC(C#N)(c1ccccc1)CC2. The summed E-state index contributed by atoms with van der Waals surface area (Å²) < 4.78 is 0. The second kappa shape index (κ2) is 5.63. The Kier molecular flexibility index (Phi) is 3.54. The van der Waals surface area contributed by atoms with Crippen molar-refractivity contribution in [1.29, 1.82) is 5.26 Å². The maximum absolute atomic E-state index is 12.8. The molecule has 1 amide bonds. The van der Waals surface area contributed by atoms with Crippen molar-refractivity contribution in [1.82, 2.24) is 4.90 Å². The van der Waals surface area contributed by atoms with Gasteiger partial charge in [-0.15, -0.1) is 0 Å². The van der Waals surface area contributed by atoms with Crippen molar-refractivity contribution in [2.24, 2.45) is 0 Å². The minimum absolute atomic E-state index is 0.0542. The third-order valence-electron chi connectivity index (χ3n) is 5.94. The van der Waals surface area contributed by atoms with Gasteiger partial charge in [0.1, 0.15) is 5.66 Å². The summed E-state index contributed by atoms with van der Waals surface area (Å²) in [5, 5.41) is 13.5. The number of benzene rings is 2. The molecular weight excluding hydrogens is 310 g/mol. The molecule has 1 aliphatic carbocycles. The molecule has 0 bridgehead atoms. The minimum Gasteiger partial charge on any atom is -0.362 e. The molecule has 4 heteroatoms. The fraction of sp³-hybridized carbons (Fsp3) is 0.333. The highest BCUT2D eigenvalue weighted by Gasteiger charge is 2.49. The van der Waals surface area contributed by atoms with Gasteiger partial charge in [0.15, 0.2) is 0 Å². The van der Waals surface area contributed by atoms with Gasteiger partial charge in [0.05, 0.1) is 17.0 Å². The second-order valence-corrected chi connectivity index (χ2v) is 7.13. The number of hydrogen-bond acceptors (Lipinski definition) is 3. The van der Waals surface area contributed by atoms with Gasteiger partial charge in [-0.2, -0.15) is 5.26 Å². The van der Waals surface area contributed by atoms with Crippen molar-refractivity contribution in [3.8, 4) is 6.07 Å². The molecule has 2 aromatic rings. The van der Waals surface area contributed by atoms with Crippen LogP contribution in [0.1, 0.15) is 41.6 Å². The van der Waals surface area contributed by atoms with E-state index in [0.29, 0.717) is 0 Å². The van der Waals surface area contributed by atoms with Crippen LogP contribution in [0.15, 0.2) is 54.6 Å². The number of carbonyl (C=O) groups is 1. The van der Waals surface area contributed by atoms with Crippen molar-refractivity contribution in [2.45, 2.75) is 36.8 Å². The van der Waals surface area contributed by atoms with Crippen LogP contribution < -0.4 is 5.32 Å². The largest absolute Gasteiger partial charge is 0.362 e.